The summed E-state index contributed by atoms with van der Waals surface area (Å²) >= 11 is 0. The summed E-state index contributed by atoms with van der Waals surface area (Å²) in [5, 5.41) is 10.6. The van der Waals surface area contributed by atoms with Gasteiger partial charge in [-0.25, -0.2) is 4.98 Å². The zero-order chi connectivity index (χ0) is 17.8. The van der Waals surface area contributed by atoms with Crippen molar-refractivity contribution in [3.63, 3.8) is 0 Å². The molecule has 0 unspecified atom stereocenters. The van der Waals surface area contributed by atoms with Crippen LogP contribution in [0.2, 0.25) is 0 Å². The molecule has 0 radical (unpaired) electrons. The molecule has 3 nitrogen and oxygen atoms in total. The number of imidazole rings is 1. The Bertz CT molecular complexity index is 826. The molecular formula is C23H26N2O. The maximum atomic E-state index is 10.6. The fourth-order valence-corrected chi connectivity index (χ4v) is 3.95. The first-order valence-corrected chi connectivity index (χ1v) is 9.66. The van der Waals surface area contributed by atoms with Gasteiger partial charge in [0, 0.05) is 11.8 Å². The third-order valence-corrected chi connectivity index (χ3v) is 5.38. The van der Waals surface area contributed by atoms with Crippen LogP contribution >= 0.6 is 0 Å². The van der Waals surface area contributed by atoms with Crippen LogP contribution in [0.3, 0.4) is 0 Å². The molecule has 0 bridgehead atoms. The van der Waals surface area contributed by atoms with Crippen LogP contribution in [-0.2, 0) is 12.8 Å². The van der Waals surface area contributed by atoms with E-state index in [2.05, 4.69) is 65.4 Å². The first-order valence-electron chi connectivity index (χ1n) is 9.66. The number of rotatable bonds is 5. The molecule has 26 heavy (non-hydrogen) atoms. The Balaban J connectivity index is 1.63. The van der Waals surface area contributed by atoms with E-state index in [1.165, 1.54) is 12.0 Å². The van der Waals surface area contributed by atoms with E-state index in [1.807, 2.05) is 6.07 Å². The van der Waals surface area contributed by atoms with Crippen LogP contribution in [0.25, 0.3) is 11.4 Å². The number of aryl methyl sites for hydroxylation is 2. The predicted octanol–water partition coefficient (Wildman–Crippen LogP) is 4.81. The highest BCUT2D eigenvalue weighted by atomic mass is 16.3. The highest BCUT2D eigenvalue weighted by Crippen LogP contribution is 2.33. The SMILES string of the molecule is O[C@H]1CCCC[C@H]1n1cc(CCc2ccccc2)nc1-c1ccccc1. The van der Waals surface area contributed by atoms with Crippen LogP contribution in [-0.4, -0.2) is 20.8 Å². The van der Waals surface area contributed by atoms with Gasteiger partial charge in [0.1, 0.15) is 5.82 Å². The molecule has 0 saturated heterocycles. The van der Waals surface area contributed by atoms with Crippen molar-refractivity contribution in [1.82, 2.24) is 9.55 Å². The summed E-state index contributed by atoms with van der Waals surface area (Å²) in [6.45, 7) is 0. The van der Waals surface area contributed by atoms with Crippen molar-refractivity contribution in [2.75, 3.05) is 0 Å². The van der Waals surface area contributed by atoms with E-state index in [1.54, 1.807) is 0 Å². The third kappa shape index (κ3) is 3.73. The second kappa shape index (κ2) is 7.88. The van der Waals surface area contributed by atoms with Crippen molar-refractivity contribution in [3.05, 3.63) is 78.1 Å². The highest BCUT2D eigenvalue weighted by Gasteiger charge is 2.27. The van der Waals surface area contributed by atoms with Gasteiger partial charge in [-0.05, 0) is 31.2 Å². The molecule has 3 heteroatoms. The Kier molecular flexibility index (Phi) is 5.16. The van der Waals surface area contributed by atoms with Gasteiger partial charge in [0.15, 0.2) is 0 Å². The molecule has 3 aromatic rings. The average molecular weight is 346 g/mol. The van der Waals surface area contributed by atoms with E-state index < -0.39 is 0 Å². The minimum Gasteiger partial charge on any atom is -0.391 e. The van der Waals surface area contributed by atoms with Crippen LogP contribution in [0.5, 0.6) is 0 Å². The standard InChI is InChI=1S/C23H26N2O/c26-22-14-8-7-13-21(22)25-17-20(16-15-18-9-3-1-4-10-18)24-23(25)19-11-5-2-6-12-19/h1-6,9-12,17,21-22,26H,7-8,13-16H2/t21-,22+/m1/s1. The second-order valence-electron chi connectivity index (χ2n) is 7.23. The van der Waals surface area contributed by atoms with Gasteiger partial charge in [0.05, 0.1) is 17.8 Å². The van der Waals surface area contributed by atoms with Crippen molar-refractivity contribution < 1.29 is 5.11 Å². The molecule has 4 rings (SSSR count). The smallest absolute Gasteiger partial charge is 0.140 e. The van der Waals surface area contributed by atoms with Gasteiger partial charge < -0.3 is 9.67 Å². The van der Waals surface area contributed by atoms with Gasteiger partial charge in [-0.2, -0.15) is 0 Å². The lowest BCUT2D eigenvalue weighted by molar-refractivity contribution is 0.0762. The van der Waals surface area contributed by atoms with Crippen LogP contribution < -0.4 is 0 Å². The number of hydrogen-bond donors (Lipinski definition) is 1. The monoisotopic (exact) mass is 346 g/mol. The first kappa shape index (κ1) is 17.0. The summed E-state index contributed by atoms with van der Waals surface area (Å²) in [5.74, 6) is 0.986. The van der Waals surface area contributed by atoms with Gasteiger partial charge in [-0.1, -0.05) is 73.5 Å². The first-order chi connectivity index (χ1) is 12.8. The van der Waals surface area contributed by atoms with Gasteiger partial charge in [-0.15, -0.1) is 0 Å². The van der Waals surface area contributed by atoms with Crippen LogP contribution in [0.15, 0.2) is 66.9 Å². The third-order valence-electron chi connectivity index (χ3n) is 5.38. The predicted molar refractivity (Wildman–Crippen MR) is 105 cm³/mol. The Labute approximate surface area is 155 Å². The Morgan fingerprint density at radius 3 is 2.31 bits per heavy atom. The van der Waals surface area contributed by atoms with E-state index in [9.17, 15) is 5.11 Å². The molecule has 0 aliphatic heterocycles. The molecular weight excluding hydrogens is 320 g/mol. The number of hydrogen-bond acceptors (Lipinski definition) is 2. The molecule has 0 amide bonds. The van der Waals surface area contributed by atoms with Gasteiger partial charge in [-0.3, -0.25) is 0 Å². The van der Waals surface area contributed by atoms with Crippen LogP contribution in [0.4, 0.5) is 0 Å². The largest absolute Gasteiger partial charge is 0.391 e. The van der Waals surface area contributed by atoms with Crippen molar-refractivity contribution in [3.8, 4) is 11.4 Å². The molecule has 1 saturated carbocycles. The topological polar surface area (TPSA) is 38.0 Å². The molecule has 2 aromatic carbocycles. The summed E-state index contributed by atoms with van der Waals surface area (Å²) in [7, 11) is 0. The van der Waals surface area contributed by atoms with E-state index >= 15 is 0 Å². The van der Waals surface area contributed by atoms with E-state index in [0.29, 0.717) is 0 Å². The fourth-order valence-electron chi connectivity index (χ4n) is 3.95. The Hall–Kier alpha value is -2.39. The van der Waals surface area contributed by atoms with Crippen molar-refractivity contribution in [1.29, 1.82) is 0 Å². The Morgan fingerprint density at radius 1 is 0.885 bits per heavy atom. The quantitative estimate of drug-likeness (QED) is 0.720. The molecule has 1 N–H and O–H groups in total. The fraction of sp³-hybridized carbons (Fsp3) is 0.348. The van der Waals surface area contributed by atoms with Gasteiger partial charge in [0.2, 0.25) is 0 Å². The lowest BCUT2D eigenvalue weighted by Gasteiger charge is -2.29. The van der Waals surface area contributed by atoms with Crippen molar-refractivity contribution in [2.24, 2.45) is 0 Å². The van der Waals surface area contributed by atoms with Gasteiger partial charge >= 0.3 is 0 Å². The summed E-state index contributed by atoms with van der Waals surface area (Å²) in [4.78, 5) is 4.96. The molecule has 2 atom stereocenters. The zero-order valence-corrected chi connectivity index (χ0v) is 15.1. The molecule has 1 heterocycles. The molecule has 0 spiro atoms. The van der Waals surface area contributed by atoms with E-state index in [4.69, 9.17) is 4.98 Å². The molecule has 1 fully saturated rings. The maximum absolute atomic E-state index is 10.6. The summed E-state index contributed by atoms with van der Waals surface area (Å²) < 4.78 is 2.24. The number of nitrogens with zero attached hydrogens (tertiary/aromatic N) is 2. The van der Waals surface area contributed by atoms with E-state index in [0.717, 1.165) is 49.2 Å². The Morgan fingerprint density at radius 2 is 1.58 bits per heavy atom. The molecule has 1 aromatic heterocycles. The van der Waals surface area contributed by atoms with Gasteiger partial charge in [0.25, 0.3) is 0 Å². The normalized spacial score (nSPS) is 20.2. The highest BCUT2D eigenvalue weighted by molar-refractivity contribution is 5.56. The number of aromatic nitrogens is 2. The van der Waals surface area contributed by atoms with Crippen LogP contribution in [0.1, 0.15) is 43.0 Å². The molecule has 1 aliphatic rings. The van der Waals surface area contributed by atoms with Crippen molar-refractivity contribution in [2.45, 2.75) is 50.7 Å². The lowest BCUT2D eigenvalue weighted by Crippen LogP contribution is -2.27. The van der Waals surface area contributed by atoms with E-state index in [-0.39, 0.29) is 12.1 Å². The molecule has 1 aliphatic carbocycles. The molecule has 134 valence electrons. The minimum atomic E-state index is -0.276. The number of aliphatic hydroxyl groups excluding tert-OH is 1. The summed E-state index contributed by atoms with van der Waals surface area (Å²) in [6.07, 6.45) is 8.00. The average Bonchev–Trinajstić information content (AvgIpc) is 3.12. The number of aliphatic hydroxyl groups is 1. The minimum absolute atomic E-state index is 0.136. The maximum Gasteiger partial charge on any atom is 0.140 e. The zero-order valence-electron chi connectivity index (χ0n) is 15.1. The second-order valence-corrected chi connectivity index (χ2v) is 7.23. The summed E-state index contributed by atoms with van der Waals surface area (Å²) in [5.41, 5.74) is 3.56. The van der Waals surface area contributed by atoms with Crippen LogP contribution in [0, 0.1) is 0 Å². The number of benzene rings is 2. The lowest BCUT2D eigenvalue weighted by atomic mass is 9.92. The van der Waals surface area contributed by atoms with Crippen molar-refractivity contribution >= 4 is 0 Å². The summed E-state index contributed by atoms with van der Waals surface area (Å²) in [6, 6.07) is 21.0.